The predicted molar refractivity (Wildman–Crippen MR) is 63.9 cm³/mol. The Bertz CT molecular complexity index is 573. The minimum absolute atomic E-state index is 0.493. The molecule has 0 bridgehead atoms. The van der Waals surface area contributed by atoms with Crippen molar-refractivity contribution >= 4 is 5.82 Å². The second-order valence-electron chi connectivity index (χ2n) is 4.94. The minimum atomic E-state index is 0.493. The molecule has 0 aliphatic heterocycles. The molecule has 2 aliphatic carbocycles. The van der Waals surface area contributed by atoms with Gasteiger partial charge in [0.2, 0.25) is 0 Å². The van der Waals surface area contributed by atoms with Crippen molar-refractivity contribution in [2.75, 3.05) is 5.32 Å². The van der Waals surface area contributed by atoms with Crippen LogP contribution in [0.4, 0.5) is 5.82 Å². The number of hydrogen-bond donors (Lipinski definition) is 1. The number of rotatable bonds is 4. The van der Waals surface area contributed by atoms with Gasteiger partial charge in [0, 0.05) is 18.2 Å². The van der Waals surface area contributed by atoms with E-state index >= 15 is 0 Å². The third-order valence-electron chi connectivity index (χ3n) is 3.25. The fourth-order valence-corrected chi connectivity index (χ4v) is 1.87. The monoisotopic (exact) mass is 243 g/mol. The molecular formula is C12H13N5O. The Morgan fingerprint density at radius 1 is 1.22 bits per heavy atom. The SMILES string of the molecule is c1ncc(-c2nc(C3CC3)no2)c(NC2CC2)n1. The summed E-state index contributed by atoms with van der Waals surface area (Å²) in [6, 6.07) is 0.532. The Hall–Kier alpha value is -1.98. The molecule has 6 heteroatoms. The number of nitrogens with zero attached hydrogens (tertiary/aromatic N) is 4. The highest BCUT2D eigenvalue weighted by Crippen LogP contribution is 2.39. The first-order valence-corrected chi connectivity index (χ1v) is 6.30. The van der Waals surface area contributed by atoms with E-state index in [1.165, 1.54) is 19.2 Å². The third-order valence-corrected chi connectivity index (χ3v) is 3.25. The van der Waals surface area contributed by atoms with Crippen LogP contribution in [0.1, 0.15) is 37.4 Å². The molecular weight excluding hydrogens is 230 g/mol. The Balaban J connectivity index is 1.68. The molecule has 0 saturated heterocycles. The van der Waals surface area contributed by atoms with E-state index in [0.717, 1.165) is 30.0 Å². The van der Waals surface area contributed by atoms with Crippen LogP contribution in [0.25, 0.3) is 11.5 Å². The van der Waals surface area contributed by atoms with Crippen molar-refractivity contribution in [1.82, 2.24) is 20.1 Å². The summed E-state index contributed by atoms with van der Waals surface area (Å²) in [5.74, 6) is 2.61. The van der Waals surface area contributed by atoms with Gasteiger partial charge in [-0.25, -0.2) is 9.97 Å². The third kappa shape index (κ3) is 1.83. The van der Waals surface area contributed by atoms with Gasteiger partial charge in [-0.2, -0.15) is 4.98 Å². The van der Waals surface area contributed by atoms with Crippen molar-refractivity contribution in [3.63, 3.8) is 0 Å². The highest BCUT2D eigenvalue weighted by atomic mass is 16.5. The lowest BCUT2D eigenvalue weighted by atomic mass is 10.3. The lowest BCUT2D eigenvalue weighted by molar-refractivity contribution is 0.422. The zero-order valence-electron chi connectivity index (χ0n) is 9.83. The largest absolute Gasteiger partial charge is 0.367 e. The smallest absolute Gasteiger partial charge is 0.263 e. The fourth-order valence-electron chi connectivity index (χ4n) is 1.87. The number of anilines is 1. The summed E-state index contributed by atoms with van der Waals surface area (Å²) in [5.41, 5.74) is 0.795. The van der Waals surface area contributed by atoms with Gasteiger partial charge in [0.15, 0.2) is 5.82 Å². The number of nitrogens with one attached hydrogen (secondary N) is 1. The van der Waals surface area contributed by atoms with Gasteiger partial charge in [-0.3, -0.25) is 0 Å². The van der Waals surface area contributed by atoms with E-state index < -0.39 is 0 Å². The molecule has 2 fully saturated rings. The first kappa shape index (κ1) is 9.99. The Kier molecular flexibility index (Phi) is 2.09. The first-order chi connectivity index (χ1) is 8.90. The van der Waals surface area contributed by atoms with Crippen LogP contribution >= 0.6 is 0 Å². The van der Waals surface area contributed by atoms with Gasteiger partial charge >= 0.3 is 0 Å². The summed E-state index contributed by atoms with van der Waals surface area (Å²) < 4.78 is 5.31. The van der Waals surface area contributed by atoms with Crippen LogP contribution in [0.2, 0.25) is 0 Å². The van der Waals surface area contributed by atoms with Crippen molar-refractivity contribution in [1.29, 1.82) is 0 Å². The molecule has 4 rings (SSSR count). The fraction of sp³-hybridized carbons (Fsp3) is 0.500. The standard InChI is InChI=1S/C12H13N5O/c1-2-7(1)10-16-12(18-17-10)9-5-13-6-14-11(9)15-8-3-4-8/h5-8H,1-4H2,(H,13,14,15). The Morgan fingerprint density at radius 2 is 2.11 bits per heavy atom. The molecule has 2 aliphatic rings. The van der Waals surface area contributed by atoms with Gasteiger partial charge in [-0.15, -0.1) is 0 Å². The summed E-state index contributed by atoms with van der Waals surface area (Å²) in [4.78, 5) is 12.7. The summed E-state index contributed by atoms with van der Waals surface area (Å²) in [6.45, 7) is 0. The second-order valence-corrected chi connectivity index (χ2v) is 4.94. The number of aromatic nitrogens is 4. The maximum absolute atomic E-state index is 5.31. The summed E-state index contributed by atoms with van der Waals surface area (Å²) in [6.07, 6.45) is 7.98. The van der Waals surface area contributed by atoms with Crippen LogP contribution in [0.15, 0.2) is 17.0 Å². The normalized spacial score (nSPS) is 18.9. The molecule has 18 heavy (non-hydrogen) atoms. The Labute approximate surface area is 104 Å². The van der Waals surface area contributed by atoms with Crippen molar-refractivity contribution in [2.45, 2.75) is 37.6 Å². The van der Waals surface area contributed by atoms with Crippen LogP contribution in [0, 0.1) is 0 Å². The van der Waals surface area contributed by atoms with E-state index in [1.54, 1.807) is 6.20 Å². The molecule has 0 spiro atoms. The van der Waals surface area contributed by atoms with E-state index in [-0.39, 0.29) is 0 Å². The molecule has 0 radical (unpaired) electrons. The topological polar surface area (TPSA) is 76.7 Å². The van der Waals surface area contributed by atoms with Crippen LogP contribution in [-0.2, 0) is 0 Å². The zero-order chi connectivity index (χ0) is 11.9. The molecule has 2 heterocycles. The van der Waals surface area contributed by atoms with E-state index in [4.69, 9.17) is 4.52 Å². The molecule has 1 N–H and O–H groups in total. The molecule has 2 aromatic rings. The quantitative estimate of drug-likeness (QED) is 0.884. The van der Waals surface area contributed by atoms with Gasteiger partial charge in [0.05, 0.1) is 0 Å². The molecule has 0 amide bonds. The zero-order valence-corrected chi connectivity index (χ0v) is 9.83. The molecule has 2 aromatic heterocycles. The van der Waals surface area contributed by atoms with E-state index in [1.807, 2.05) is 0 Å². The maximum atomic E-state index is 5.31. The summed E-state index contributed by atoms with van der Waals surface area (Å²) >= 11 is 0. The molecule has 0 atom stereocenters. The highest BCUT2D eigenvalue weighted by Gasteiger charge is 2.30. The van der Waals surface area contributed by atoms with Crippen LogP contribution in [-0.4, -0.2) is 26.2 Å². The summed E-state index contributed by atoms with van der Waals surface area (Å²) in [7, 11) is 0. The van der Waals surface area contributed by atoms with Crippen molar-refractivity contribution in [3.05, 3.63) is 18.3 Å². The van der Waals surface area contributed by atoms with Crippen molar-refractivity contribution < 1.29 is 4.52 Å². The lowest BCUT2D eigenvalue weighted by Crippen LogP contribution is -2.05. The molecule has 2 saturated carbocycles. The van der Waals surface area contributed by atoms with Crippen molar-refractivity contribution in [2.24, 2.45) is 0 Å². The van der Waals surface area contributed by atoms with E-state index in [9.17, 15) is 0 Å². The predicted octanol–water partition coefficient (Wildman–Crippen LogP) is 1.98. The molecule has 92 valence electrons. The van der Waals surface area contributed by atoms with Gasteiger partial charge in [-0.1, -0.05) is 5.16 Å². The molecule has 6 nitrogen and oxygen atoms in total. The maximum Gasteiger partial charge on any atom is 0.263 e. The second kappa shape index (κ2) is 3.76. The van der Waals surface area contributed by atoms with E-state index in [2.05, 4.69) is 25.4 Å². The van der Waals surface area contributed by atoms with Gasteiger partial charge in [0.25, 0.3) is 5.89 Å². The number of hydrogen-bond acceptors (Lipinski definition) is 6. The minimum Gasteiger partial charge on any atom is -0.367 e. The van der Waals surface area contributed by atoms with Crippen molar-refractivity contribution in [3.8, 4) is 11.5 Å². The Morgan fingerprint density at radius 3 is 2.89 bits per heavy atom. The molecule has 0 unspecified atom stereocenters. The first-order valence-electron chi connectivity index (χ1n) is 6.30. The average molecular weight is 243 g/mol. The van der Waals surface area contributed by atoms with Gasteiger partial charge in [-0.05, 0) is 25.7 Å². The molecule has 0 aromatic carbocycles. The average Bonchev–Trinajstić information content (AvgIpc) is 3.32. The lowest BCUT2D eigenvalue weighted by Gasteiger charge is -2.05. The van der Waals surface area contributed by atoms with Gasteiger partial charge in [0.1, 0.15) is 17.7 Å². The highest BCUT2D eigenvalue weighted by molar-refractivity contribution is 5.68. The van der Waals surface area contributed by atoms with Gasteiger partial charge < -0.3 is 9.84 Å². The van der Waals surface area contributed by atoms with Crippen LogP contribution in [0.3, 0.4) is 0 Å². The van der Waals surface area contributed by atoms with Crippen LogP contribution in [0.5, 0.6) is 0 Å². The summed E-state index contributed by atoms with van der Waals surface area (Å²) in [5, 5.41) is 7.38. The van der Waals surface area contributed by atoms with E-state index in [0.29, 0.717) is 17.9 Å². The van der Waals surface area contributed by atoms with Crippen LogP contribution < -0.4 is 5.32 Å².